The fourth-order valence-electron chi connectivity index (χ4n) is 1.93. The molecular formula is C10H17N3O2S. The summed E-state index contributed by atoms with van der Waals surface area (Å²) in [5.41, 5.74) is 0. The lowest BCUT2D eigenvalue weighted by Crippen LogP contribution is -2.15. The summed E-state index contributed by atoms with van der Waals surface area (Å²) in [4.78, 5) is 0. The highest BCUT2D eigenvalue weighted by atomic mass is 32.1. The van der Waals surface area contributed by atoms with Crippen LogP contribution in [0.3, 0.4) is 0 Å². The predicted octanol–water partition coefficient (Wildman–Crippen LogP) is 1.31. The molecule has 16 heavy (non-hydrogen) atoms. The van der Waals surface area contributed by atoms with Gasteiger partial charge in [-0.3, -0.25) is 5.10 Å². The van der Waals surface area contributed by atoms with Crippen molar-refractivity contribution >= 4 is 12.2 Å². The van der Waals surface area contributed by atoms with Crippen LogP contribution >= 0.6 is 12.2 Å². The first kappa shape index (κ1) is 11.8. The van der Waals surface area contributed by atoms with Crippen molar-refractivity contribution in [2.75, 3.05) is 20.3 Å². The average Bonchev–Trinajstić information content (AvgIpc) is 2.88. The van der Waals surface area contributed by atoms with Gasteiger partial charge in [-0.1, -0.05) is 0 Å². The van der Waals surface area contributed by atoms with Crippen LogP contribution in [-0.2, 0) is 22.4 Å². The normalized spacial score (nSPS) is 20.4. The zero-order valence-corrected chi connectivity index (χ0v) is 10.3. The maximum absolute atomic E-state index is 5.59. The summed E-state index contributed by atoms with van der Waals surface area (Å²) < 4.78 is 13.3. The summed E-state index contributed by atoms with van der Waals surface area (Å²) in [7, 11) is 1.68. The van der Waals surface area contributed by atoms with E-state index < -0.39 is 0 Å². The Morgan fingerprint density at radius 2 is 2.56 bits per heavy atom. The van der Waals surface area contributed by atoms with Gasteiger partial charge in [0, 0.05) is 26.7 Å². The molecule has 1 aliphatic heterocycles. The Balaban J connectivity index is 2.04. The summed E-state index contributed by atoms with van der Waals surface area (Å²) in [5, 5.41) is 7.07. The van der Waals surface area contributed by atoms with Gasteiger partial charge in [-0.05, 0) is 25.1 Å². The van der Waals surface area contributed by atoms with Crippen molar-refractivity contribution in [2.45, 2.75) is 31.9 Å². The number of ether oxygens (including phenoxy) is 2. The minimum Gasteiger partial charge on any atom is -0.383 e. The molecule has 0 amide bonds. The number of aromatic amines is 1. The second-order valence-electron chi connectivity index (χ2n) is 3.93. The first-order valence-electron chi connectivity index (χ1n) is 5.56. The van der Waals surface area contributed by atoms with Gasteiger partial charge in [0.15, 0.2) is 4.77 Å². The van der Waals surface area contributed by atoms with Crippen molar-refractivity contribution in [1.82, 2.24) is 14.8 Å². The van der Waals surface area contributed by atoms with E-state index in [1.54, 1.807) is 7.11 Å². The van der Waals surface area contributed by atoms with Crippen molar-refractivity contribution in [2.24, 2.45) is 0 Å². The zero-order chi connectivity index (χ0) is 11.4. The maximum atomic E-state index is 5.59. The third kappa shape index (κ3) is 2.69. The van der Waals surface area contributed by atoms with Gasteiger partial charge in [-0.2, -0.15) is 5.10 Å². The Morgan fingerprint density at radius 3 is 3.25 bits per heavy atom. The fraction of sp³-hybridized carbons (Fsp3) is 0.800. The quantitative estimate of drug-likeness (QED) is 0.792. The zero-order valence-electron chi connectivity index (χ0n) is 9.44. The number of aromatic nitrogens is 3. The van der Waals surface area contributed by atoms with Gasteiger partial charge >= 0.3 is 0 Å². The van der Waals surface area contributed by atoms with Gasteiger partial charge in [0.25, 0.3) is 0 Å². The van der Waals surface area contributed by atoms with E-state index >= 15 is 0 Å². The summed E-state index contributed by atoms with van der Waals surface area (Å²) in [5.74, 6) is 0.967. The van der Waals surface area contributed by atoms with Crippen molar-refractivity contribution in [1.29, 1.82) is 0 Å². The highest BCUT2D eigenvalue weighted by molar-refractivity contribution is 7.71. The molecule has 1 fully saturated rings. The Hall–Kier alpha value is -0.720. The van der Waals surface area contributed by atoms with Crippen LogP contribution in [0.2, 0.25) is 0 Å². The molecule has 1 saturated heterocycles. The molecule has 5 nitrogen and oxygen atoms in total. The molecule has 2 rings (SSSR count). The highest BCUT2D eigenvalue weighted by Gasteiger charge is 2.19. The van der Waals surface area contributed by atoms with Crippen LogP contribution in [0.1, 0.15) is 18.7 Å². The average molecular weight is 243 g/mol. The molecule has 1 atom stereocenters. The highest BCUT2D eigenvalue weighted by Crippen LogP contribution is 2.16. The first-order valence-corrected chi connectivity index (χ1v) is 5.96. The van der Waals surface area contributed by atoms with Gasteiger partial charge in [0.05, 0.1) is 12.7 Å². The fourth-order valence-corrected chi connectivity index (χ4v) is 2.17. The van der Waals surface area contributed by atoms with Crippen molar-refractivity contribution < 1.29 is 9.47 Å². The third-order valence-corrected chi connectivity index (χ3v) is 3.10. The molecule has 6 heteroatoms. The van der Waals surface area contributed by atoms with Gasteiger partial charge in [0.1, 0.15) is 5.82 Å². The summed E-state index contributed by atoms with van der Waals surface area (Å²) >= 11 is 5.18. The second-order valence-corrected chi connectivity index (χ2v) is 4.32. The number of hydrogen-bond acceptors (Lipinski definition) is 4. The van der Waals surface area contributed by atoms with E-state index in [1.165, 1.54) is 0 Å². The van der Waals surface area contributed by atoms with Gasteiger partial charge in [0.2, 0.25) is 0 Å². The molecule has 0 saturated carbocycles. The SMILES string of the molecule is COCCn1c(CC2CCCO2)n[nH]c1=S. The third-order valence-electron chi connectivity index (χ3n) is 2.79. The summed E-state index contributed by atoms with van der Waals surface area (Å²) in [6.07, 6.45) is 3.39. The van der Waals surface area contributed by atoms with Crippen LogP contribution in [-0.4, -0.2) is 41.2 Å². The molecule has 0 bridgehead atoms. The molecule has 1 aromatic heterocycles. The Morgan fingerprint density at radius 1 is 1.69 bits per heavy atom. The molecule has 2 heterocycles. The summed E-state index contributed by atoms with van der Waals surface area (Å²) in [6, 6.07) is 0. The van der Waals surface area contributed by atoms with E-state index in [-0.39, 0.29) is 0 Å². The van der Waals surface area contributed by atoms with E-state index in [0.29, 0.717) is 17.5 Å². The standard InChI is InChI=1S/C10H17N3O2S/c1-14-6-4-13-9(11-12-10(13)16)7-8-3-2-5-15-8/h8H,2-7H2,1H3,(H,12,16). The molecule has 0 radical (unpaired) electrons. The molecule has 1 unspecified atom stereocenters. The maximum Gasteiger partial charge on any atom is 0.195 e. The molecule has 1 aromatic rings. The molecule has 0 spiro atoms. The van der Waals surface area contributed by atoms with Gasteiger partial charge < -0.3 is 14.0 Å². The van der Waals surface area contributed by atoms with Crippen LogP contribution in [0.5, 0.6) is 0 Å². The molecule has 90 valence electrons. The van der Waals surface area contributed by atoms with Gasteiger partial charge in [-0.25, -0.2) is 0 Å². The van der Waals surface area contributed by atoms with Crippen LogP contribution in [0.4, 0.5) is 0 Å². The van der Waals surface area contributed by atoms with E-state index in [4.69, 9.17) is 21.7 Å². The number of methoxy groups -OCH3 is 1. The van der Waals surface area contributed by atoms with E-state index in [0.717, 1.165) is 38.2 Å². The number of rotatable bonds is 5. The predicted molar refractivity (Wildman–Crippen MR) is 62.0 cm³/mol. The number of H-pyrrole nitrogens is 1. The van der Waals surface area contributed by atoms with Crippen LogP contribution in [0.15, 0.2) is 0 Å². The largest absolute Gasteiger partial charge is 0.383 e. The van der Waals surface area contributed by atoms with Crippen molar-refractivity contribution in [3.8, 4) is 0 Å². The van der Waals surface area contributed by atoms with Gasteiger partial charge in [-0.15, -0.1) is 0 Å². The lowest BCUT2D eigenvalue weighted by Gasteiger charge is -2.10. The lowest BCUT2D eigenvalue weighted by molar-refractivity contribution is 0.108. The van der Waals surface area contributed by atoms with Crippen molar-refractivity contribution in [3.63, 3.8) is 0 Å². The van der Waals surface area contributed by atoms with Crippen LogP contribution < -0.4 is 0 Å². The Labute approximate surface area is 99.8 Å². The summed E-state index contributed by atoms with van der Waals surface area (Å²) in [6.45, 7) is 2.26. The van der Waals surface area contributed by atoms with Crippen molar-refractivity contribution in [3.05, 3.63) is 10.6 Å². The molecule has 0 aromatic carbocycles. The molecule has 1 N–H and O–H groups in total. The minimum atomic E-state index is 0.298. The van der Waals surface area contributed by atoms with Crippen LogP contribution in [0.25, 0.3) is 0 Å². The minimum absolute atomic E-state index is 0.298. The lowest BCUT2D eigenvalue weighted by atomic mass is 10.2. The smallest absolute Gasteiger partial charge is 0.195 e. The number of nitrogens with zero attached hydrogens (tertiary/aromatic N) is 2. The monoisotopic (exact) mass is 243 g/mol. The molecular weight excluding hydrogens is 226 g/mol. The first-order chi connectivity index (χ1) is 7.81. The second kappa shape index (κ2) is 5.56. The number of nitrogens with one attached hydrogen (secondary N) is 1. The Bertz CT molecular complexity index is 382. The topological polar surface area (TPSA) is 52.1 Å². The molecule has 0 aliphatic carbocycles. The van der Waals surface area contributed by atoms with E-state index in [9.17, 15) is 0 Å². The Kier molecular flexibility index (Phi) is 4.09. The number of hydrogen-bond donors (Lipinski definition) is 1. The van der Waals surface area contributed by atoms with Crippen LogP contribution in [0, 0.1) is 4.77 Å². The molecule has 1 aliphatic rings. The van der Waals surface area contributed by atoms with E-state index in [1.807, 2.05) is 4.57 Å². The van der Waals surface area contributed by atoms with E-state index in [2.05, 4.69) is 10.2 Å².